The highest BCUT2D eigenvalue weighted by atomic mass is 16.2. The molecule has 2 atom stereocenters. The van der Waals surface area contributed by atoms with E-state index in [1.165, 1.54) is 0 Å². The molecular weight excluding hydrogens is 438 g/mol. The van der Waals surface area contributed by atoms with Gasteiger partial charge in [0.15, 0.2) is 0 Å². The molecule has 0 saturated heterocycles. The van der Waals surface area contributed by atoms with E-state index in [-0.39, 0.29) is 23.4 Å². The number of nitrogens with zero attached hydrogens (tertiary/aromatic N) is 6. The topological polar surface area (TPSA) is 113 Å². The summed E-state index contributed by atoms with van der Waals surface area (Å²) >= 11 is 0. The van der Waals surface area contributed by atoms with Crippen molar-refractivity contribution in [2.75, 3.05) is 7.05 Å². The summed E-state index contributed by atoms with van der Waals surface area (Å²) < 4.78 is 1.88. The van der Waals surface area contributed by atoms with Gasteiger partial charge < -0.3 is 10.6 Å². The van der Waals surface area contributed by atoms with Crippen LogP contribution in [0.4, 0.5) is 0 Å². The molecule has 8 nitrogen and oxygen atoms in total. The number of hydrogen-bond acceptors (Lipinski definition) is 6. The van der Waals surface area contributed by atoms with Crippen LogP contribution in [0.25, 0.3) is 16.6 Å². The maximum atomic E-state index is 13.2. The van der Waals surface area contributed by atoms with Crippen LogP contribution in [0.5, 0.6) is 0 Å². The van der Waals surface area contributed by atoms with Crippen molar-refractivity contribution in [3.05, 3.63) is 82.7 Å². The number of fused-ring (bicyclic) bond motifs is 9. The summed E-state index contributed by atoms with van der Waals surface area (Å²) in [6.07, 6.45) is 9.32. The maximum absolute atomic E-state index is 13.2. The smallest absolute Gasteiger partial charge is 0.254 e. The van der Waals surface area contributed by atoms with Crippen LogP contribution in [0.15, 0.2) is 48.9 Å². The average molecular weight is 462 g/mol. The minimum atomic E-state index is -0.389. The zero-order chi connectivity index (χ0) is 23.9. The first-order valence-corrected chi connectivity index (χ1v) is 11.9. The molecule has 0 unspecified atom stereocenters. The fourth-order valence-electron chi connectivity index (χ4n) is 5.99. The van der Waals surface area contributed by atoms with Gasteiger partial charge in [0, 0.05) is 48.2 Å². The van der Waals surface area contributed by atoms with Crippen LogP contribution in [-0.4, -0.2) is 37.4 Å². The Hall–Kier alpha value is -4.09. The van der Waals surface area contributed by atoms with Crippen molar-refractivity contribution in [1.29, 1.82) is 5.26 Å². The van der Waals surface area contributed by atoms with E-state index in [1.807, 2.05) is 42.3 Å². The SMILES string of the molecule is CN1C(=O)c2cccc(C#N)c2[C@H]2C[C@@H]1c1nn3ccc(-c4cnc(C5(N)CCC5)nc4)cc3c12. The van der Waals surface area contributed by atoms with Gasteiger partial charge in [-0.15, -0.1) is 0 Å². The minimum Gasteiger partial charge on any atom is -0.333 e. The molecule has 0 spiro atoms. The normalized spacial score (nSPS) is 21.7. The van der Waals surface area contributed by atoms with Crippen LogP contribution in [-0.2, 0) is 5.54 Å². The lowest BCUT2D eigenvalue weighted by atomic mass is 9.77. The number of carbonyl (C=O) groups is 1. The van der Waals surface area contributed by atoms with E-state index < -0.39 is 0 Å². The fraction of sp³-hybridized carbons (Fsp3) is 0.296. The molecule has 1 amide bonds. The van der Waals surface area contributed by atoms with Crippen molar-refractivity contribution in [3.63, 3.8) is 0 Å². The van der Waals surface area contributed by atoms with E-state index >= 15 is 0 Å². The third-order valence-corrected chi connectivity index (χ3v) is 8.09. The van der Waals surface area contributed by atoms with Crippen molar-refractivity contribution in [3.8, 4) is 17.2 Å². The number of amides is 1. The molecule has 7 rings (SSSR count). The fourth-order valence-corrected chi connectivity index (χ4v) is 5.99. The Balaban J connectivity index is 1.38. The van der Waals surface area contributed by atoms with Crippen LogP contribution in [0.2, 0.25) is 0 Å². The Labute approximate surface area is 202 Å². The van der Waals surface area contributed by atoms with Gasteiger partial charge in [0.05, 0.1) is 34.4 Å². The molecule has 1 aromatic carbocycles. The van der Waals surface area contributed by atoms with Crippen molar-refractivity contribution < 1.29 is 4.79 Å². The second-order valence-electron chi connectivity index (χ2n) is 9.95. The van der Waals surface area contributed by atoms with Gasteiger partial charge in [0.2, 0.25) is 0 Å². The van der Waals surface area contributed by atoms with E-state index in [9.17, 15) is 10.1 Å². The first-order valence-electron chi connectivity index (χ1n) is 11.9. The number of benzene rings is 1. The summed E-state index contributed by atoms with van der Waals surface area (Å²) in [5.74, 6) is 0.573. The molecule has 35 heavy (non-hydrogen) atoms. The number of rotatable bonds is 2. The molecule has 0 radical (unpaired) electrons. The molecule has 2 N–H and O–H groups in total. The molecular formula is C27H23N7O. The van der Waals surface area contributed by atoms with E-state index in [4.69, 9.17) is 10.8 Å². The monoisotopic (exact) mass is 461 g/mol. The Morgan fingerprint density at radius 3 is 2.66 bits per heavy atom. The molecule has 4 aromatic rings. The van der Waals surface area contributed by atoms with E-state index in [1.54, 1.807) is 17.0 Å². The lowest BCUT2D eigenvalue weighted by Crippen LogP contribution is -2.44. The van der Waals surface area contributed by atoms with E-state index in [0.29, 0.717) is 17.0 Å². The van der Waals surface area contributed by atoms with E-state index in [0.717, 1.165) is 59.1 Å². The van der Waals surface area contributed by atoms with Crippen LogP contribution in [0.3, 0.4) is 0 Å². The van der Waals surface area contributed by atoms with Crippen LogP contribution in [0, 0.1) is 11.3 Å². The van der Waals surface area contributed by atoms with Crippen molar-refractivity contribution in [1.82, 2.24) is 24.5 Å². The average Bonchev–Trinajstić information content (AvgIpc) is 3.39. The standard InChI is InChI=1S/C27H23N7O/c1-33-21-11-19(22-16(12-28)4-2-5-18(22)25(33)35)23-20-10-15(6-9-34(20)32-24(21)23)17-13-30-26(31-14-17)27(29)7-3-8-27/h2,4-6,9-10,13-14,19,21H,3,7-8,11,29H2,1H3/t19-,21-/m1/s1. The summed E-state index contributed by atoms with van der Waals surface area (Å²) in [5.41, 5.74) is 12.9. The van der Waals surface area contributed by atoms with Gasteiger partial charge in [0.25, 0.3) is 5.91 Å². The summed E-state index contributed by atoms with van der Waals surface area (Å²) in [7, 11) is 1.83. The van der Waals surface area contributed by atoms with Gasteiger partial charge in [-0.3, -0.25) is 4.79 Å². The second kappa shape index (κ2) is 6.96. The number of pyridine rings is 1. The lowest BCUT2D eigenvalue weighted by Gasteiger charge is -2.36. The summed E-state index contributed by atoms with van der Waals surface area (Å²) in [5, 5.41) is 14.7. The van der Waals surface area contributed by atoms with Gasteiger partial charge in [0.1, 0.15) is 5.82 Å². The number of hydrogen-bond donors (Lipinski definition) is 1. The third kappa shape index (κ3) is 2.70. The highest BCUT2D eigenvalue weighted by molar-refractivity contribution is 5.98. The molecule has 1 fully saturated rings. The molecule has 2 aliphatic carbocycles. The molecule has 172 valence electrons. The van der Waals surface area contributed by atoms with Gasteiger partial charge in [-0.1, -0.05) is 6.07 Å². The minimum absolute atomic E-state index is 0.0608. The quantitative estimate of drug-likeness (QED) is 0.487. The van der Waals surface area contributed by atoms with Gasteiger partial charge in [-0.2, -0.15) is 10.4 Å². The van der Waals surface area contributed by atoms with Crippen molar-refractivity contribution >= 4 is 11.4 Å². The summed E-state index contributed by atoms with van der Waals surface area (Å²) in [6, 6.07) is 11.7. The van der Waals surface area contributed by atoms with Crippen LogP contribution >= 0.6 is 0 Å². The van der Waals surface area contributed by atoms with Crippen LogP contribution in [0.1, 0.15) is 76.2 Å². The highest BCUT2D eigenvalue weighted by Crippen LogP contribution is 2.52. The van der Waals surface area contributed by atoms with E-state index in [2.05, 4.69) is 22.1 Å². The summed E-state index contributed by atoms with van der Waals surface area (Å²) in [4.78, 5) is 24.2. The highest BCUT2D eigenvalue weighted by Gasteiger charge is 2.45. The largest absolute Gasteiger partial charge is 0.333 e. The van der Waals surface area contributed by atoms with Crippen LogP contribution < -0.4 is 5.73 Å². The Bertz CT molecular complexity index is 1580. The number of carbonyl (C=O) groups excluding carboxylic acids is 1. The molecule has 8 heteroatoms. The van der Waals surface area contributed by atoms with Crippen molar-refractivity contribution in [2.45, 2.75) is 43.2 Å². The molecule has 1 aliphatic heterocycles. The Morgan fingerprint density at radius 2 is 1.94 bits per heavy atom. The molecule has 4 heterocycles. The third-order valence-electron chi connectivity index (χ3n) is 8.09. The molecule has 3 aliphatic rings. The first-order chi connectivity index (χ1) is 17.0. The Morgan fingerprint density at radius 1 is 1.14 bits per heavy atom. The molecule has 1 saturated carbocycles. The maximum Gasteiger partial charge on any atom is 0.254 e. The molecule has 3 aromatic heterocycles. The number of aromatic nitrogens is 4. The number of nitrogens with two attached hydrogens (primary N) is 1. The predicted octanol–water partition coefficient (Wildman–Crippen LogP) is 3.66. The molecule has 2 bridgehead atoms. The second-order valence-corrected chi connectivity index (χ2v) is 9.95. The zero-order valence-electron chi connectivity index (χ0n) is 19.3. The van der Waals surface area contributed by atoms with Gasteiger partial charge in [-0.25, -0.2) is 14.5 Å². The zero-order valence-corrected chi connectivity index (χ0v) is 19.3. The van der Waals surface area contributed by atoms with Gasteiger partial charge in [-0.05, 0) is 61.1 Å². The van der Waals surface area contributed by atoms with Gasteiger partial charge >= 0.3 is 0 Å². The lowest BCUT2D eigenvalue weighted by molar-refractivity contribution is 0.0734. The van der Waals surface area contributed by atoms with Crippen molar-refractivity contribution in [2.24, 2.45) is 5.73 Å². The Kier molecular flexibility index (Phi) is 4.04. The number of nitriles is 1. The summed E-state index contributed by atoms with van der Waals surface area (Å²) in [6.45, 7) is 0. The first kappa shape index (κ1) is 20.3. The predicted molar refractivity (Wildman–Crippen MR) is 128 cm³/mol.